The fourth-order valence-electron chi connectivity index (χ4n) is 3.08. The second-order valence-electron chi connectivity index (χ2n) is 6.62. The van der Waals surface area contributed by atoms with E-state index in [1.54, 1.807) is 31.2 Å². The molecule has 1 aliphatic rings. The monoisotopic (exact) mass is 418 g/mol. The van der Waals surface area contributed by atoms with Crippen molar-refractivity contribution in [2.24, 2.45) is 0 Å². The molecule has 7 nitrogen and oxygen atoms in total. The number of nitrogens with one attached hydrogen (secondary N) is 1. The van der Waals surface area contributed by atoms with E-state index in [9.17, 15) is 13.2 Å². The quantitative estimate of drug-likeness (QED) is 0.747. The summed E-state index contributed by atoms with van der Waals surface area (Å²) in [6.45, 7) is 5.45. The summed E-state index contributed by atoms with van der Waals surface area (Å²) in [5.74, 6) is -0.0316. The highest BCUT2D eigenvalue weighted by Gasteiger charge is 2.29. The zero-order valence-corrected chi connectivity index (χ0v) is 17.5. The lowest BCUT2D eigenvalue weighted by molar-refractivity contribution is 0.0729. The third-order valence-electron chi connectivity index (χ3n) is 4.71. The molecule has 156 valence electrons. The number of morpholine rings is 1. The van der Waals surface area contributed by atoms with Crippen molar-refractivity contribution < 1.29 is 22.7 Å². The van der Waals surface area contributed by atoms with Gasteiger partial charge in [-0.25, -0.2) is 8.42 Å². The van der Waals surface area contributed by atoms with Crippen LogP contribution < -0.4 is 10.1 Å². The topological polar surface area (TPSA) is 84.9 Å². The summed E-state index contributed by atoms with van der Waals surface area (Å²) in [4.78, 5) is 12.6. The maximum atomic E-state index is 13.1. The highest BCUT2D eigenvalue weighted by Crippen LogP contribution is 2.30. The number of benzene rings is 2. The first-order chi connectivity index (χ1) is 14.0. The highest BCUT2D eigenvalue weighted by molar-refractivity contribution is 7.89. The van der Waals surface area contributed by atoms with Crippen LogP contribution in [0.5, 0.6) is 5.75 Å². The van der Waals surface area contributed by atoms with Crippen LogP contribution in [0.15, 0.2) is 47.4 Å². The average molecular weight is 419 g/mol. The van der Waals surface area contributed by atoms with Crippen LogP contribution in [0.3, 0.4) is 0 Å². The first-order valence-electron chi connectivity index (χ1n) is 9.70. The minimum absolute atomic E-state index is 0.0420. The van der Waals surface area contributed by atoms with E-state index in [1.807, 2.05) is 19.1 Å². The van der Waals surface area contributed by atoms with Crippen molar-refractivity contribution in [3.05, 3.63) is 53.6 Å². The molecule has 0 aromatic heterocycles. The van der Waals surface area contributed by atoms with Crippen LogP contribution in [0.4, 0.5) is 5.69 Å². The first kappa shape index (κ1) is 21.3. The maximum absolute atomic E-state index is 13.1. The SMILES string of the molecule is CCOc1ccc(NC(=O)c2ccc(CC)cc2)cc1S(=O)(=O)N1CCOCC1. The van der Waals surface area contributed by atoms with E-state index < -0.39 is 10.0 Å². The number of ether oxygens (including phenoxy) is 2. The molecule has 1 fully saturated rings. The number of aryl methyl sites for hydroxylation is 1. The van der Waals surface area contributed by atoms with Gasteiger partial charge in [0.25, 0.3) is 5.91 Å². The van der Waals surface area contributed by atoms with Gasteiger partial charge in [0.2, 0.25) is 10.0 Å². The van der Waals surface area contributed by atoms with E-state index >= 15 is 0 Å². The third kappa shape index (κ3) is 4.95. The lowest BCUT2D eigenvalue weighted by Gasteiger charge is -2.27. The minimum atomic E-state index is -3.77. The number of carbonyl (C=O) groups is 1. The van der Waals surface area contributed by atoms with Crippen molar-refractivity contribution in [2.75, 3.05) is 38.2 Å². The van der Waals surface area contributed by atoms with Crippen LogP contribution in [0.1, 0.15) is 29.8 Å². The second-order valence-corrected chi connectivity index (χ2v) is 8.52. The summed E-state index contributed by atoms with van der Waals surface area (Å²) < 4.78 is 38.4. The molecule has 1 heterocycles. The first-order valence-corrected chi connectivity index (χ1v) is 11.1. The van der Waals surface area contributed by atoms with Crippen LogP contribution >= 0.6 is 0 Å². The highest BCUT2D eigenvalue weighted by atomic mass is 32.2. The van der Waals surface area contributed by atoms with E-state index in [1.165, 1.54) is 10.4 Å². The zero-order valence-electron chi connectivity index (χ0n) is 16.7. The van der Waals surface area contributed by atoms with E-state index in [0.717, 1.165) is 12.0 Å². The zero-order chi connectivity index (χ0) is 20.9. The van der Waals surface area contributed by atoms with Gasteiger partial charge in [-0.15, -0.1) is 0 Å². The molecule has 0 saturated carbocycles. The van der Waals surface area contributed by atoms with E-state index in [4.69, 9.17) is 9.47 Å². The van der Waals surface area contributed by atoms with E-state index in [0.29, 0.717) is 31.1 Å². The molecule has 8 heteroatoms. The average Bonchev–Trinajstić information content (AvgIpc) is 2.75. The fraction of sp³-hybridized carbons (Fsp3) is 0.381. The molecular formula is C21H26N2O5S. The molecule has 1 amide bonds. The van der Waals surface area contributed by atoms with Gasteiger partial charge < -0.3 is 14.8 Å². The Labute approximate surface area is 171 Å². The third-order valence-corrected chi connectivity index (χ3v) is 6.63. The molecule has 0 atom stereocenters. The maximum Gasteiger partial charge on any atom is 0.255 e. The number of anilines is 1. The molecular weight excluding hydrogens is 392 g/mol. The van der Waals surface area contributed by atoms with Crippen molar-refractivity contribution in [3.8, 4) is 5.75 Å². The van der Waals surface area contributed by atoms with Gasteiger partial charge >= 0.3 is 0 Å². The van der Waals surface area contributed by atoms with E-state index in [2.05, 4.69) is 5.32 Å². The Hall–Kier alpha value is -2.42. The normalized spacial score (nSPS) is 15.1. The number of hydrogen-bond donors (Lipinski definition) is 1. The molecule has 0 radical (unpaired) electrons. The van der Waals surface area contributed by atoms with Crippen LogP contribution in [0, 0.1) is 0 Å². The molecule has 3 rings (SSSR count). The molecule has 1 saturated heterocycles. The Morgan fingerprint density at radius 3 is 2.41 bits per heavy atom. The predicted octanol–water partition coefficient (Wildman–Crippen LogP) is 2.92. The molecule has 29 heavy (non-hydrogen) atoms. The fourth-order valence-corrected chi connectivity index (χ4v) is 4.65. The Morgan fingerprint density at radius 1 is 1.10 bits per heavy atom. The van der Waals surface area contributed by atoms with Crippen molar-refractivity contribution in [2.45, 2.75) is 25.2 Å². The predicted molar refractivity (Wildman–Crippen MR) is 111 cm³/mol. The van der Waals surface area contributed by atoms with Crippen LogP contribution in [-0.2, 0) is 21.2 Å². The number of nitrogens with zero attached hydrogens (tertiary/aromatic N) is 1. The Kier molecular flexibility index (Phi) is 6.89. The summed E-state index contributed by atoms with van der Waals surface area (Å²) in [5.41, 5.74) is 2.04. The molecule has 2 aromatic rings. The smallest absolute Gasteiger partial charge is 0.255 e. The lowest BCUT2D eigenvalue weighted by Crippen LogP contribution is -2.40. The van der Waals surface area contributed by atoms with Crippen LogP contribution in [0.25, 0.3) is 0 Å². The molecule has 1 N–H and O–H groups in total. The van der Waals surface area contributed by atoms with Gasteiger partial charge in [0.1, 0.15) is 10.6 Å². The van der Waals surface area contributed by atoms with Crippen molar-refractivity contribution in [1.29, 1.82) is 0 Å². The van der Waals surface area contributed by atoms with Crippen molar-refractivity contribution in [1.82, 2.24) is 4.31 Å². The molecule has 0 spiro atoms. The number of amides is 1. The number of sulfonamides is 1. The molecule has 0 unspecified atom stereocenters. The number of hydrogen-bond acceptors (Lipinski definition) is 5. The summed E-state index contributed by atoms with van der Waals surface area (Å²) >= 11 is 0. The van der Waals surface area contributed by atoms with Crippen LogP contribution in [0.2, 0.25) is 0 Å². The standard InChI is InChI=1S/C21H26N2O5S/c1-3-16-5-7-17(8-6-16)21(24)22-18-9-10-19(28-4-2)20(15-18)29(25,26)23-11-13-27-14-12-23/h5-10,15H,3-4,11-14H2,1-2H3,(H,22,24). The molecule has 1 aliphatic heterocycles. The Balaban J connectivity index is 1.88. The molecule has 0 bridgehead atoms. The summed E-state index contributed by atoms with van der Waals surface area (Å²) in [5, 5.41) is 2.78. The van der Waals surface area contributed by atoms with Crippen molar-refractivity contribution >= 4 is 21.6 Å². The van der Waals surface area contributed by atoms with Gasteiger partial charge in [0.15, 0.2) is 0 Å². The van der Waals surface area contributed by atoms with E-state index in [-0.39, 0.29) is 29.6 Å². The van der Waals surface area contributed by atoms with Crippen molar-refractivity contribution in [3.63, 3.8) is 0 Å². The summed E-state index contributed by atoms with van der Waals surface area (Å²) in [7, 11) is -3.77. The van der Waals surface area contributed by atoms with Gasteiger partial charge in [-0.05, 0) is 49.2 Å². The summed E-state index contributed by atoms with van der Waals surface area (Å²) in [6.07, 6.45) is 0.892. The summed E-state index contributed by atoms with van der Waals surface area (Å²) in [6, 6.07) is 12.0. The van der Waals surface area contributed by atoms with Gasteiger partial charge in [-0.3, -0.25) is 4.79 Å². The minimum Gasteiger partial charge on any atom is -0.492 e. The Bertz CT molecular complexity index is 952. The van der Waals surface area contributed by atoms with Gasteiger partial charge in [0.05, 0.1) is 19.8 Å². The lowest BCUT2D eigenvalue weighted by atomic mass is 10.1. The number of carbonyl (C=O) groups excluding carboxylic acids is 1. The molecule has 0 aliphatic carbocycles. The Morgan fingerprint density at radius 2 is 1.79 bits per heavy atom. The second kappa shape index (κ2) is 9.39. The van der Waals surface area contributed by atoms with Gasteiger partial charge in [-0.1, -0.05) is 19.1 Å². The van der Waals surface area contributed by atoms with Gasteiger partial charge in [0, 0.05) is 24.3 Å². The van der Waals surface area contributed by atoms with Gasteiger partial charge in [-0.2, -0.15) is 4.31 Å². The number of rotatable bonds is 7. The largest absolute Gasteiger partial charge is 0.492 e. The molecule has 2 aromatic carbocycles. The van der Waals surface area contributed by atoms with Crippen LogP contribution in [-0.4, -0.2) is 51.5 Å².